The average Bonchev–Trinajstić information content (AvgIpc) is 2.45. The molecule has 106 valence electrons. The van der Waals surface area contributed by atoms with Crippen molar-refractivity contribution in [3.8, 4) is 5.88 Å². The van der Waals surface area contributed by atoms with E-state index in [2.05, 4.69) is 15.3 Å². The van der Waals surface area contributed by atoms with Gasteiger partial charge in [0.1, 0.15) is 12.1 Å². The van der Waals surface area contributed by atoms with Crippen molar-refractivity contribution in [2.24, 2.45) is 5.73 Å². The molecule has 0 saturated carbocycles. The van der Waals surface area contributed by atoms with E-state index in [1.165, 1.54) is 6.33 Å². The second-order valence-electron chi connectivity index (χ2n) is 4.81. The highest BCUT2D eigenvalue weighted by Gasteiger charge is 2.06. The van der Waals surface area contributed by atoms with Gasteiger partial charge < -0.3 is 15.8 Å². The third kappa shape index (κ3) is 4.20. The summed E-state index contributed by atoms with van der Waals surface area (Å²) in [6, 6.07) is 11.7. The Balaban J connectivity index is 1.94. The highest BCUT2D eigenvalue weighted by molar-refractivity contribution is 5.37. The van der Waals surface area contributed by atoms with Crippen LogP contribution in [0.3, 0.4) is 0 Å². The lowest BCUT2D eigenvalue weighted by Gasteiger charge is -2.14. The molecule has 1 unspecified atom stereocenters. The van der Waals surface area contributed by atoms with E-state index in [0.717, 1.165) is 5.56 Å². The predicted octanol–water partition coefficient (Wildman–Crippen LogP) is 2.38. The molecule has 3 N–H and O–H groups in total. The van der Waals surface area contributed by atoms with E-state index in [4.69, 9.17) is 10.5 Å². The van der Waals surface area contributed by atoms with Gasteiger partial charge in [-0.1, -0.05) is 30.3 Å². The summed E-state index contributed by atoms with van der Waals surface area (Å²) in [4.78, 5) is 8.21. The minimum atomic E-state index is -0.0827. The molecular formula is C15H20N4O. The van der Waals surface area contributed by atoms with Crippen LogP contribution in [-0.4, -0.2) is 22.6 Å². The van der Waals surface area contributed by atoms with Gasteiger partial charge >= 0.3 is 0 Å². The van der Waals surface area contributed by atoms with Gasteiger partial charge in [0.05, 0.1) is 6.10 Å². The lowest BCUT2D eigenvalue weighted by atomic mass is 10.1. The molecule has 5 heteroatoms. The maximum atomic E-state index is 6.12. The summed E-state index contributed by atoms with van der Waals surface area (Å²) in [5.41, 5.74) is 7.21. The first-order valence-electron chi connectivity index (χ1n) is 6.68. The molecule has 1 heterocycles. The van der Waals surface area contributed by atoms with E-state index < -0.39 is 0 Å². The lowest BCUT2D eigenvalue weighted by Crippen LogP contribution is -2.21. The molecule has 2 rings (SSSR count). The molecule has 0 aliphatic rings. The van der Waals surface area contributed by atoms with Crippen molar-refractivity contribution in [3.05, 3.63) is 48.3 Å². The summed E-state index contributed by atoms with van der Waals surface area (Å²) in [6.45, 7) is 4.52. The Kier molecular flexibility index (Phi) is 4.90. The summed E-state index contributed by atoms with van der Waals surface area (Å²) < 4.78 is 5.52. The number of hydrogen-bond donors (Lipinski definition) is 2. The van der Waals surface area contributed by atoms with Crippen LogP contribution < -0.4 is 15.8 Å². The van der Waals surface area contributed by atoms with Crippen LogP contribution in [-0.2, 0) is 0 Å². The Labute approximate surface area is 119 Å². The minimum Gasteiger partial charge on any atom is -0.475 e. The van der Waals surface area contributed by atoms with Crippen LogP contribution in [0.15, 0.2) is 42.7 Å². The summed E-state index contributed by atoms with van der Waals surface area (Å²) in [5.74, 6) is 1.27. The smallest absolute Gasteiger partial charge is 0.218 e. The molecule has 0 bridgehead atoms. The highest BCUT2D eigenvalue weighted by atomic mass is 16.5. The number of ether oxygens (including phenoxy) is 1. The molecule has 0 radical (unpaired) electrons. The molecule has 1 aromatic heterocycles. The molecule has 0 fully saturated rings. The second-order valence-corrected chi connectivity index (χ2v) is 4.81. The summed E-state index contributed by atoms with van der Waals surface area (Å²) in [6.07, 6.45) is 1.57. The van der Waals surface area contributed by atoms with Gasteiger partial charge in [-0.15, -0.1) is 0 Å². The van der Waals surface area contributed by atoms with Gasteiger partial charge in [-0.3, -0.25) is 0 Å². The highest BCUT2D eigenvalue weighted by Crippen LogP contribution is 2.14. The Hall–Kier alpha value is -2.14. The van der Waals surface area contributed by atoms with E-state index >= 15 is 0 Å². The summed E-state index contributed by atoms with van der Waals surface area (Å²) in [7, 11) is 0. The molecule has 0 spiro atoms. The molecule has 1 aromatic carbocycles. The largest absolute Gasteiger partial charge is 0.475 e. The van der Waals surface area contributed by atoms with Crippen molar-refractivity contribution in [1.29, 1.82) is 0 Å². The molecule has 20 heavy (non-hydrogen) atoms. The van der Waals surface area contributed by atoms with Crippen LogP contribution in [0.5, 0.6) is 5.88 Å². The van der Waals surface area contributed by atoms with Crippen LogP contribution in [0.1, 0.15) is 25.5 Å². The van der Waals surface area contributed by atoms with Crippen molar-refractivity contribution in [1.82, 2.24) is 9.97 Å². The first-order chi connectivity index (χ1) is 9.65. The fourth-order valence-electron chi connectivity index (χ4n) is 1.77. The fraction of sp³-hybridized carbons (Fsp3) is 0.333. The Morgan fingerprint density at radius 2 is 1.95 bits per heavy atom. The number of hydrogen-bond acceptors (Lipinski definition) is 5. The monoisotopic (exact) mass is 272 g/mol. The number of benzene rings is 1. The third-order valence-corrected chi connectivity index (χ3v) is 2.73. The zero-order valence-electron chi connectivity index (χ0n) is 11.8. The Morgan fingerprint density at radius 1 is 1.20 bits per heavy atom. The maximum absolute atomic E-state index is 6.12. The van der Waals surface area contributed by atoms with Crippen LogP contribution in [0, 0.1) is 0 Å². The first-order valence-corrected chi connectivity index (χ1v) is 6.68. The number of aromatic nitrogens is 2. The topological polar surface area (TPSA) is 73.1 Å². The summed E-state index contributed by atoms with van der Waals surface area (Å²) >= 11 is 0. The molecule has 0 aliphatic carbocycles. The van der Waals surface area contributed by atoms with E-state index in [9.17, 15) is 0 Å². The van der Waals surface area contributed by atoms with E-state index in [0.29, 0.717) is 18.2 Å². The van der Waals surface area contributed by atoms with Crippen molar-refractivity contribution in [2.45, 2.75) is 26.0 Å². The Morgan fingerprint density at radius 3 is 2.65 bits per heavy atom. The third-order valence-electron chi connectivity index (χ3n) is 2.73. The van der Waals surface area contributed by atoms with E-state index in [1.807, 2.05) is 44.2 Å². The van der Waals surface area contributed by atoms with E-state index in [1.54, 1.807) is 6.07 Å². The number of nitrogens with one attached hydrogen (secondary N) is 1. The van der Waals surface area contributed by atoms with Gasteiger partial charge in [0.15, 0.2) is 0 Å². The van der Waals surface area contributed by atoms with Crippen molar-refractivity contribution in [3.63, 3.8) is 0 Å². The van der Waals surface area contributed by atoms with Crippen LogP contribution in [0.4, 0.5) is 5.82 Å². The number of nitrogens with two attached hydrogens (primary N) is 1. The first kappa shape index (κ1) is 14.3. The summed E-state index contributed by atoms with van der Waals surface area (Å²) in [5, 5.41) is 3.20. The van der Waals surface area contributed by atoms with Crippen molar-refractivity contribution < 1.29 is 4.74 Å². The van der Waals surface area contributed by atoms with Gasteiger partial charge in [-0.25, -0.2) is 9.97 Å². The van der Waals surface area contributed by atoms with Gasteiger partial charge in [0, 0.05) is 18.7 Å². The fourth-order valence-corrected chi connectivity index (χ4v) is 1.77. The number of anilines is 1. The standard InChI is InChI=1S/C15H20N4O/c1-11(2)20-15-8-14(18-10-19-15)17-9-13(16)12-6-4-3-5-7-12/h3-8,10-11,13H,9,16H2,1-2H3,(H,17,18,19). The molecule has 5 nitrogen and oxygen atoms in total. The zero-order chi connectivity index (χ0) is 14.4. The van der Waals surface area contributed by atoms with E-state index in [-0.39, 0.29) is 12.1 Å². The molecule has 1 atom stereocenters. The van der Waals surface area contributed by atoms with Crippen molar-refractivity contribution in [2.75, 3.05) is 11.9 Å². The zero-order valence-corrected chi connectivity index (χ0v) is 11.8. The van der Waals surface area contributed by atoms with Crippen LogP contribution in [0.2, 0.25) is 0 Å². The lowest BCUT2D eigenvalue weighted by molar-refractivity contribution is 0.232. The molecule has 0 amide bonds. The van der Waals surface area contributed by atoms with Gasteiger partial charge in [0.25, 0.3) is 0 Å². The van der Waals surface area contributed by atoms with Gasteiger partial charge in [-0.2, -0.15) is 0 Å². The normalized spacial score (nSPS) is 12.2. The number of nitrogens with zero attached hydrogens (tertiary/aromatic N) is 2. The molecule has 0 saturated heterocycles. The minimum absolute atomic E-state index is 0.0827. The second kappa shape index (κ2) is 6.86. The average molecular weight is 272 g/mol. The Bertz CT molecular complexity index is 530. The number of rotatable bonds is 6. The predicted molar refractivity (Wildman–Crippen MR) is 79.7 cm³/mol. The van der Waals surface area contributed by atoms with Crippen LogP contribution >= 0.6 is 0 Å². The quantitative estimate of drug-likeness (QED) is 0.844. The van der Waals surface area contributed by atoms with Crippen molar-refractivity contribution >= 4 is 5.82 Å². The van der Waals surface area contributed by atoms with Crippen LogP contribution in [0.25, 0.3) is 0 Å². The SMILES string of the molecule is CC(C)Oc1cc(NCC(N)c2ccccc2)ncn1. The molecule has 2 aromatic rings. The van der Waals surface area contributed by atoms with Gasteiger partial charge in [-0.05, 0) is 19.4 Å². The molecule has 0 aliphatic heterocycles. The maximum Gasteiger partial charge on any atom is 0.218 e. The molecular weight excluding hydrogens is 252 g/mol. The van der Waals surface area contributed by atoms with Gasteiger partial charge in [0.2, 0.25) is 5.88 Å².